The first kappa shape index (κ1) is 11.9. The van der Waals surface area contributed by atoms with Crippen molar-refractivity contribution in [3.05, 3.63) is 41.4 Å². The number of thiazole rings is 1. The summed E-state index contributed by atoms with van der Waals surface area (Å²) in [5.74, 6) is -2.29. The Labute approximate surface area is 100.0 Å². The maximum Gasteiger partial charge on any atom is 0.269 e. The van der Waals surface area contributed by atoms with Crippen LogP contribution >= 0.6 is 11.3 Å². The average Bonchev–Trinajstić information content (AvgIpc) is 2.68. The summed E-state index contributed by atoms with van der Waals surface area (Å²) in [5.41, 5.74) is 0. The normalized spacial score (nSPS) is 11.4. The van der Waals surface area contributed by atoms with E-state index in [4.69, 9.17) is 0 Å². The Morgan fingerprint density at radius 2 is 1.88 bits per heavy atom. The Morgan fingerprint density at radius 1 is 1.24 bits per heavy atom. The second-order valence-electron chi connectivity index (χ2n) is 2.99. The molecule has 1 heterocycles. The third-order valence-corrected chi connectivity index (χ3v) is 4.05. The lowest BCUT2D eigenvalue weighted by atomic mass is 10.3. The number of aromatic nitrogens is 1. The van der Waals surface area contributed by atoms with Crippen LogP contribution in [-0.2, 0) is 10.0 Å². The lowest BCUT2D eigenvalue weighted by Gasteiger charge is -2.06. The highest BCUT2D eigenvalue weighted by Gasteiger charge is 2.24. The van der Waals surface area contributed by atoms with Crippen LogP contribution in [0.15, 0.2) is 34.7 Å². The number of benzene rings is 1. The zero-order chi connectivity index (χ0) is 12.5. The maximum atomic E-state index is 13.3. The summed E-state index contributed by atoms with van der Waals surface area (Å²) < 4.78 is 52.0. The molecule has 4 nitrogen and oxygen atoms in total. The van der Waals surface area contributed by atoms with Crippen molar-refractivity contribution in [2.75, 3.05) is 4.72 Å². The number of hydrogen-bond acceptors (Lipinski definition) is 4. The van der Waals surface area contributed by atoms with E-state index in [0.717, 1.165) is 29.5 Å². The van der Waals surface area contributed by atoms with Crippen LogP contribution in [0.3, 0.4) is 0 Å². The smallest absolute Gasteiger partial charge is 0.254 e. The fourth-order valence-electron chi connectivity index (χ4n) is 1.18. The molecule has 0 aliphatic carbocycles. The molecular weight excluding hydrogens is 270 g/mol. The molecule has 0 radical (unpaired) electrons. The quantitative estimate of drug-likeness (QED) is 0.935. The van der Waals surface area contributed by atoms with Gasteiger partial charge in [0.05, 0.1) is 0 Å². The van der Waals surface area contributed by atoms with E-state index in [1.807, 2.05) is 4.72 Å². The van der Waals surface area contributed by atoms with Crippen LogP contribution < -0.4 is 4.72 Å². The largest absolute Gasteiger partial charge is 0.269 e. The number of sulfonamides is 1. The van der Waals surface area contributed by atoms with Crippen molar-refractivity contribution < 1.29 is 17.2 Å². The Balaban J connectivity index is 2.45. The van der Waals surface area contributed by atoms with E-state index >= 15 is 0 Å². The number of rotatable bonds is 3. The van der Waals surface area contributed by atoms with E-state index in [1.165, 1.54) is 11.6 Å². The number of halogens is 2. The molecular formula is C9H6F2N2O2S2. The molecule has 0 saturated heterocycles. The maximum absolute atomic E-state index is 13.3. The minimum Gasteiger partial charge on any atom is -0.254 e. The fourth-order valence-corrected chi connectivity index (χ4v) is 3.11. The second-order valence-corrected chi connectivity index (χ2v) is 5.51. The molecule has 2 rings (SSSR count). The zero-order valence-corrected chi connectivity index (χ0v) is 9.86. The van der Waals surface area contributed by atoms with Crippen LogP contribution in [0.5, 0.6) is 0 Å². The summed E-state index contributed by atoms with van der Waals surface area (Å²) in [5, 5.41) is 1.59. The predicted octanol–water partition coefficient (Wildman–Crippen LogP) is 2.22. The van der Waals surface area contributed by atoms with Crippen LogP contribution in [0.1, 0.15) is 0 Å². The monoisotopic (exact) mass is 276 g/mol. The van der Waals surface area contributed by atoms with E-state index < -0.39 is 26.6 Å². The highest BCUT2D eigenvalue weighted by molar-refractivity contribution is 7.93. The molecule has 2 aromatic rings. The lowest BCUT2D eigenvalue weighted by molar-refractivity contribution is 0.521. The summed E-state index contributed by atoms with van der Waals surface area (Å²) in [7, 11) is -4.30. The second kappa shape index (κ2) is 4.38. The zero-order valence-electron chi connectivity index (χ0n) is 8.22. The molecule has 0 unspecified atom stereocenters. The third-order valence-electron chi connectivity index (χ3n) is 1.84. The molecule has 1 N–H and O–H groups in total. The molecule has 90 valence electrons. The van der Waals surface area contributed by atoms with Gasteiger partial charge in [0, 0.05) is 11.6 Å². The van der Waals surface area contributed by atoms with Gasteiger partial charge in [-0.1, -0.05) is 6.07 Å². The fraction of sp³-hybridized carbons (Fsp3) is 0. The Morgan fingerprint density at radius 3 is 2.41 bits per heavy atom. The summed E-state index contributed by atoms with van der Waals surface area (Å²) >= 11 is 1.01. The average molecular weight is 276 g/mol. The summed E-state index contributed by atoms with van der Waals surface area (Å²) in [6.07, 6.45) is 1.38. The van der Waals surface area contributed by atoms with Crippen LogP contribution in [0.4, 0.5) is 13.9 Å². The number of hydrogen-bond donors (Lipinski definition) is 1. The van der Waals surface area contributed by atoms with Crippen LogP contribution in [0.2, 0.25) is 0 Å². The summed E-state index contributed by atoms with van der Waals surface area (Å²) in [6, 6.07) is 2.84. The van der Waals surface area contributed by atoms with Crippen molar-refractivity contribution in [2.24, 2.45) is 0 Å². The molecule has 0 fully saturated rings. The Bertz CT molecular complexity index is 606. The SMILES string of the molecule is O=S(=O)(Nc1nccs1)c1c(F)cccc1F. The first-order valence-electron chi connectivity index (χ1n) is 4.37. The van der Waals surface area contributed by atoms with Gasteiger partial charge < -0.3 is 0 Å². The van der Waals surface area contributed by atoms with E-state index in [-0.39, 0.29) is 5.13 Å². The Kier molecular flexibility index (Phi) is 3.07. The van der Waals surface area contributed by atoms with Crippen LogP contribution in [-0.4, -0.2) is 13.4 Å². The number of anilines is 1. The van der Waals surface area contributed by atoms with Crippen molar-refractivity contribution in [3.8, 4) is 0 Å². The van der Waals surface area contributed by atoms with Gasteiger partial charge in [-0.2, -0.15) is 0 Å². The summed E-state index contributed by atoms with van der Waals surface area (Å²) in [4.78, 5) is 2.67. The van der Waals surface area contributed by atoms with E-state index in [1.54, 1.807) is 0 Å². The van der Waals surface area contributed by atoms with E-state index in [2.05, 4.69) is 4.98 Å². The van der Waals surface area contributed by atoms with Crippen LogP contribution in [0, 0.1) is 11.6 Å². The van der Waals surface area contributed by atoms with Gasteiger partial charge in [0.2, 0.25) is 0 Å². The molecule has 0 bridgehead atoms. The number of nitrogens with zero attached hydrogens (tertiary/aromatic N) is 1. The topological polar surface area (TPSA) is 59.1 Å². The minimum atomic E-state index is -4.30. The van der Waals surface area contributed by atoms with Gasteiger partial charge in [-0.25, -0.2) is 22.2 Å². The van der Waals surface area contributed by atoms with Gasteiger partial charge >= 0.3 is 0 Å². The van der Waals surface area contributed by atoms with Crippen molar-refractivity contribution in [1.29, 1.82) is 0 Å². The Hall–Kier alpha value is -1.54. The lowest BCUT2D eigenvalue weighted by Crippen LogP contribution is -2.16. The summed E-state index contributed by atoms with van der Waals surface area (Å²) in [6.45, 7) is 0. The molecule has 0 aliphatic rings. The highest BCUT2D eigenvalue weighted by Crippen LogP contribution is 2.22. The molecule has 1 aromatic carbocycles. The number of nitrogens with one attached hydrogen (secondary N) is 1. The standard InChI is InChI=1S/C9H6F2N2O2S2/c10-6-2-1-3-7(11)8(6)17(14,15)13-9-12-4-5-16-9/h1-5H,(H,12,13). The van der Waals surface area contributed by atoms with Crippen molar-refractivity contribution in [3.63, 3.8) is 0 Å². The van der Waals surface area contributed by atoms with E-state index in [9.17, 15) is 17.2 Å². The van der Waals surface area contributed by atoms with Crippen molar-refractivity contribution >= 4 is 26.5 Å². The highest BCUT2D eigenvalue weighted by atomic mass is 32.2. The molecule has 0 amide bonds. The molecule has 0 aliphatic heterocycles. The predicted molar refractivity (Wildman–Crippen MR) is 59.3 cm³/mol. The van der Waals surface area contributed by atoms with E-state index in [0.29, 0.717) is 0 Å². The first-order chi connectivity index (χ1) is 8.00. The van der Waals surface area contributed by atoms with Gasteiger partial charge in [0.1, 0.15) is 11.6 Å². The molecule has 0 spiro atoms. The first-order valence-corrected chi connectivity index (χ1v) is 6.73. The van der Waals surface area contributed by atoms with Crippen molar-refractivity contribution in [2.45, 2.75) is 4.90 Å². The molecule has 1 aromatic heterocycles. The van der Waals surface area contributed by atoms with Gasteiger partial charge in [-0.3, -0.25) is 4.72 Å². The molecule has 17 heavy (non-hydrogen) atoms. The van der Waals surface area contributed by atoms with Gasteiger partial charge in [-0.05, 0) is 12.1 Å². The molecule has 0 saturated carbocycles. The van der Waals surface area contributed by atoms with Gasteiger partial charge in [0.15, 0.2) is 10.0 Å². The third kappa shape index (κ3) is 2.42. The van der Waals surface area contributed by atoms with Crippen LogP contribution in [0.25, 0.3) is 0 Å². The van der Waals surface area contributed by atoms with Crippen molar-refractivity contribution in [1.82, 2.24) is 4.98 Å². The molecule has 0 atom stereocenters. The van der Waals surface area contributed by atoms with Gasteiger partial charge in [0.25, 0.3) is 10.0 Å². The molecule has 8 heteroatoms. The van der Waals surface area contributed by atoms with Gasteiger partial charge in [-0.15, -0.1) is 11.3 Å². The minimum absolute atomic E-state index is 0.0488.